The third-order valence-corrected chi connectivity index (χ3v) is 11.9. The Hall–Kier alpha value is -4.40. The van der Waals surface area contributed by atoms with Crippen LogP contribution in [-0.2, 0) is 31.9 Å². The second kappa shape index (κ2) is 19.2. The van der Waals surface area contributed by atoms with E-state index in [1.165, 1.54) is 0 Å². The molecule has 0 saturated carbocycles. The van der Waals surface area contributed by atoms with E-state index in [1.807, 2.05) is 74.1 Å². The van der Waals surface area contributed by atoms with E-state index in [0.29, 0.717) is 75.9 Å². The molecule has 0 unspecified atom stereocenters. The van der Waals surface area contributed by atoms with Gasteiger partial charge in [0.2, 0.25) is 0 Å². The normalized spacial score (nSPS) is 19.7. The van der Waals surface area contributed by atoms with Crippen LogP contribution in [0.3, 0.4) is 0 Å². The van der Waals surface area contributed by atoms with E-state index in [2.05, 4.69) is 20.0 Å². The maximum atomic E-state index is 14.2. The summed E-state index contributed by atoms with van der Waals surface area (Å²) < 4.78 is 11.5. The number of benzene rings is 2. The van der Waals surface area contributed by atoms with Gasteiger partial charge in [0, 0.05) is 89.6 Å². The number of phenols is 1. The number of esters is 1. The minimum atomic E-state index is -1.02. The first kappa shape index (κ1) is 41.2. The summed E-state index contributed by atoms with van der Waals surface area (Å²) in [4.78, 5) is 65.5. The number of nitrogens with zero attached hydrogens (tertiary/aromatic N) is 6. The van der Waals surface area contributed by atoms with Gasteiger partial charge in [0.15, 0.2) is 6.10 Å². The highest BCUT2D eigenvalue weighted by Crippen LogP contribution is 2.27. The zero-order valence-electron chi connectivity index (χ0n) is 33.7. The van der Waals surface area contributed by atoms with Gasteiger partial charge in [0.1, 0.15) is 5.75 Å². The Kier molecular flexibility index (Phi) is 14.1. The predicted octanol–water partition coefficient (Wildman–Crippen LogP) is 3.71. The minimum absolute atomic E-state index is 0.00294. The van der Waals surface area contributed by atoms with Gasteiger partial charge in [-0.2, -0.15) is 0 Å². The van der Waals surface area contributed by atoms with Crippen molar-refractivity contribution in [2.75, 3.05) is 98.0 Å². The summed E-state index contributed by atoms with van der Waals surface area (Å²) in [6.07, 6.45) is 3.40. The number of nitrogens with one attached hydrogen (secondary N) is 1. The Labute approximate surface area is 331 Å². The molecule has 3 fully saturated rings. The summed E-state index contributed by atoms with van der Waals surface area (Å²) >= 11 is 0. The molecule has 4 aliphatic rings. The van der Waals surface area contributed by atoms with E-state index in [-0.39, 0.29) is 36.1 Å². The van der Waals surface area contributed by atoms with Crippen LogP contribution in [0.5, 0.6) is 5.75 Å². The molecule has 1 atom stereocenters. The molecule has 4 amide bonds. The number of anilines is 1. The summed E-state index contributed by atoms with van der Waals surface area (Å²) in [5, 5.41) is 13.5. The molecule has 0 bridgehead atoms. The average molecular weight is 776 g/mol. The van der Waals surface area contributed by atoms with Crippen LogP contribution < -0.4 is 5.32 Å². The largest absolute Gasteiger partial charge is 0.507 e. The fraction of sp³-hybridized carbons (Fsp3) is 0.619. The number of amides is 4. The van der Waals surface area contributed by atoms with Gasteiger partial charge >= 0.3 is 18.1 Å². The fourth-order valence-electron chi connectivity index (χ4n) is 8.60. The van der Waals surface area contributed by atoms with E-state index in [4.69, 9.17) is 9.47 Å². The number of rotatable bonds is 12. The Morgan fingerprint density at radius 2 is 1.54 bits per heavy atom. The quantitative estimate of drug-likeness (QED) is 0.243. The summed E-state index contributed by atoms with van der Waals surface area (Å²) in [6.45, 7) is 10.9. The molecule has 2 N–H and O–H groups in total. The lowest BCUT2D eigenvalue weighted by Gasteiger charge is -2.43. The van der Waals surface area contributed by atoms with Crippen LogP contribution in [0.4, 0.5) is 15.3 Å². The first-order chi connectivity index (χ1) is 26.9. The molecule has 0 aromatic heterocycles. The number of carbonyl (C=O) groups excluding carboxylic acids is 4. The van der Waals surface area contributed by atoms with E-state index >= 15 is 0 Å². The predicted molar refractivity (Wildman–Crippen MR) is 214 cm³/mol. The number of fused-ring (bicyclic) bond motifs is 1. The monoisotopic (exact) mass is 775 g/mol. The number of phenolic OH excluding ortho intramolecular Hbond substituents is 1. The molecule has 2 aromatic carbocycles. The number of ether oxygens (including phenoxy) is 2. The number of likely N-dealkylation sites (tertiary alicyclic amines) is 2. The van der Waals surface area contributed by atoms with Gasteiger partial charge in [-0.1, -0.05) is 30.3 Å². The molecular formula is C42H61N7O7. The molecular weight excluding hydrogens is 715 g/mol. The van der Waals surface area contributed by atoms with Crippen LogP contribution in [0.15, 0.2) is 36.4 Å². The van der Waals surface area contributed by atoms with Gasteiger partial charge in [-0.15, -0.1) is 0 Å². The van der Waals surface area contributed by atoms with Crippen molar-refractivity contribution in [2.24, 2.45) is 0 Å². The second-order valence-corrected chi connectivity index (χ2v) is 16.1. The number of carbonyl (C=O) groups is 4. The number of aromatic hydroxyl groups is 1. The standard InChI is InChI=1S/C42H61N7O7/c1-30-26-32(27-31(2)39(30)51)28-37(56-42(54)48-18-13-35(14-19-48)49-20-10-33-8-5-6-9-36(33)43-41(49)53)40(52)47-23-21-46(22-24-47)34-11-16-45(17-12-34)29-38(50)55-25-7-15-44(3)4/h5-6,8-9,26-27,34-35,37,51H,7,10-25,28-29H2,1-4H3,(H,43,53)/t37-/m1/s1. The smallest absolute Gasteiger partial charge is 0.410 e. The Balaban J connectivity index is 1.01. The highest BCUT2D eigenvalue weighted by molar-refractivity contribution is 5.91. The lowest BCUT2D eigenvalue weighted by molar-refractivity contribution is -0.145. The lowest BCUT2D eigenvalue weighted by Crippen LogP contribution is -2.57. The number of para-hydroxylation sites is 1. The number of aryl methyl sites for hydroxylation is 2. The summed E-state index contributed by atoms with van der Waals surface area (Å²) in [7, 11) is 4.01. The minimum Gasteiger partial charge on any atom is -0.507 e. The van der Waals surface area contributed by atoms with E-state index < -0.39 is 12.2 Å². The maximum absolute atomic E-state index is 14.2. The molecule has 14 nitrogen and oxygen atoms in total. The topological polar surface area (TPSA) is 138 Å². The van der Waals surface area contributed by atoms with Gasteiger partial charge in [0.25, 0.3) is 5.91 Å². The van der Waals surface area contributed by atoms with Crippen LogP contribution in [0.2, 0.25) is 0 Å². The van der Waals surface area contributed by atoms with Crippen molar-refractivity contribution in [3.63, 3.8) is 0 Å². The van der Waals surface area contributed by atoms with Gasteiger partial charge in [-0.25, -0.2) is 9.59 Å². The molecule has 6 rings (SSSR count). The summed E-state index contributed by atoms with van der Waals surface area (Å²) in [5.41, 5.74) is 4.19. The average Bonchev–Trinajstić information content (AvgIpc) is 3.36. The fourth-order valence-corrected chi connectivity index (χ4v) is 8.60. The SMILES string of the molecule is Cc1cc(C[C@@H](OC(=O)N2CCC(N3CCc4ccccc4NC3=O)CC2)C(=O)N2CCN(C3CCN(CC(=O)OCCCN(C)C)CC3)CC2)cc(C)c1O. The molecule has 4 aliphatic heterocycles. The van der Waals surface area contributed by atoms with Crippen molar-refractivity contribution >= 4 is 29.7 Å². The molecule has 3 saturated heterocycles. The van der Waals surface area contributed by atoms with E-state index in [1.54, 1.807) is 4.90 Å². The van der Waals surface area contributed by atoms with Crippen molar-refractivity contribution in [3.05, 3.63) is 58.7 Å². The van der Waals surface area contributed by atoms with Gasteiger partial charge in [0.05, 0.1) is 13.2 Å². The van der Waals surface area contributed by atoms with E-state index in [0.717, 1.165) is 75.2 Å². The van der Waals surface area contributed by atoms with Crippen LogP contribution in [0.1, 0.15) is 54.4 Å². The van der Waals surface area contributed by atoms with Crippen molar-refractivity contribution in [3.8, 4) is 5.75 Å². The zero-order valence-corrected chi connectivity index (χ0v) is 33.7. The second-order valence-electron chi connectivity index (χ2n) is 16.1. The van der Waals surface area contributed by atoms with Crippen molar-refractivity contribution in [2.45, 2.75) is 77.0 Å². The summed E-state index contributed by atoms with van der Waals surface area (Å²) in [6, 6.07) is 11.8. The lowest BCUT2D eigenvalue weighted by atomic mass is 10.00. The molecule has 56 heavy (non-hydrogen) atoms. The molecule has 2 aromatic rings. The number of urea groups is 1. The number of piperazine rings is 1. The van der Waals surface area contributed by atoms with Gasteiger partial charge in [-0.3, -0.25) is 19.4 Å². The first-order valence-electron chi connectivity index (χ1n) is 20.4. The highest BCUT2D eigenvalue weighted by Gasteiger charge is 2.36. The molecule has 14 heteroatoms. The third kappa shape index (κ3) is 10.7. The number of hydrogen-bond acceptors (Lipinski definition) is 10. The van der Waals surface area contributed by atoms with Crippen LogP contribution in [0.25, 0.3) is 0 Å². The Bertz CT molecular complexity index is 1660. The molecule has 0 radical (unpaired) electrons. The van der Waals surface area contributed by atoms with Crippen molar-refractivity contribution in [1.82, 2.24) is 29.4 Å². The Morgan fingerprint density at radius 1 is 0.875 bits per heavy atom. The van der Waals surface area contributed by atoms with Crippen molar-refractivity contribution in [1.29, 1.82) is 0 Å². The maximum Gasteiger partial charge on any atom is 0.410 e. The van der Waals surface area contributed by atoms with Gasteiger partial charge < -0.3 is 39.5 Å². The highest BCUT2D eigenvalue weighted by atomic mass is 16.6. The number of hydrogen-bond donors (Lipinski definition) is 2. The molecule has 306 valence electrons. The third-order valence-electron chi connectivity index (χ3n) is 11.9. The van der Waals surface area contributed by atoms with Crippen LogP contribution in [0, 0.1) is 13.8 Å². The van der Waals surface area contributed by atoms with Crippen molar-refractivity contribution < 1.29 is 33.8 Å². The zero-order chi connectivity index (χ0) is 39.8. The summed E-state index contributed by atoms with van der Waals surface area (Å²) in [5.74, 6) is -0.160. The first-order valence-corrected chi connectivity index (χ1v) is 20.4. The van der Waals surface area contributed by atoms with Crippen LogP contribution >= 0.6 is 0 Å². The van der Waals surface area contributed by atoms with Crippen LogP contribution in [-0.4, -0.2) is 169 Å². The Morgan fingerprint density at radius 3 is 2.21 bits per heavy atom. The molecule has 0 aliphatic carbocycles. The van der Waals surface area contributed by atoms with E-state index in [9.17, 15) is 24.3 Å². The number of piperidine rings is 2. The molecule has 0 spiro atoms. The molecule has 4 heterocycles. The van der Waals surface area contributed by atoms with Gasteiger partial charge in [-0.05, 0) is 94.8 Å².